The first kappa shape index (κ1) is 12.0. The fraction of sp³-hybridized carbons (Fsp3) is 0.0526. The van der Waals surface area contributed by atoms with Gasteiger partial charge in [-0.25, -0.2) is 9.97 Å². The molecule has 0 aliphatic heterocycles. The second kappa shape index (κ2) is 4.67. The molecule has 0 bridgehead atoms. The molecule has 21 heavy (non-hydrogen) atoms. The molecule has 0 radical (unpaired) electrons. The maximum Gasteiger partial charge on any atom is 0.160 e. The zero-order valence-corrected chi connectivity index (χ0v) is 11.7. The van der Waals surface area contributed by atoms with Crippen LogP contribution in [-0.4, -0.2) is 9.97 Å². The number of aromatic nitrogens is 2. The Morgan fingerprint density at radius 2 is 1.38 bits per heavy atom. The Bertz CT molecular complexity index is 952. The van der Waals surface area contributed by atoms with Crippen LogP contribution < -0.4 is 0 Å². The monoisotopic (exact) mass is 270 g/mol. The summed E-state index contributed by atoms with van der Waals surface area (Å²) in [5.41, 5.74) is 3.10. The molecule has 4 rings (SSSR count). The Morgan fingerprint density at radius 1 is 0.667 bits per heavy atom. The van der Waals surface area contributed by atoms with Crippen molar-refractivity contribution in [2.24, 2.45) is 0 Å². The van der Waals surface area contributed by atoms with Crippen LogP contribution in [-0.2, 0) is 0 Å². The molecule has 0 N–H and O–H groups in total. The van der Waals surface area contributed by atoms with E-state index >= 15 is 0 Å². The van der Waals surface area contributed by atoms with Gasteiger partial charge in [0.25, 0.3) is 0 Å². The highest BCUT2D eigenvalue weighted by Crippen LogP contribution is 2.27. The van der Waals surface area contributed by atoms with Crippen molar-refractivity contribution in [3.63, 3.8) is 0 Å². The molecule has 1 aromatic heterocycles. The van der Waals surface area contributed by atoms with Gasteiger partial charge in [0.2, 0.25) is 0 Å². The van der Waals surface area contributed by atoms with Crippen LogP contribution in [0.1, 0.15) is 5.69 Å². The minimum absolute atomic E-state index is 0.794. The summed E-state index contributed by atoms with van der Waals surface area (Å²) in [6, 6.07) is 22.8. The fourth-order valence-electron chi connectivity index (χ4n) is 2.78. The number of benzene rings is 3. The molecule has 0 atom stereocenters. The third kappa shape index (κ3) is 1.96. The van der Waals surface area contributed by atoms with E-state index in [9.17, 15) is 0 Å². The smallest absolute Gasteiger partial charge is 0.160 e. The number of fused-ring (bicyclic) bond motifs is 2. The molecule has 2 heteroatoms. The number of para-hydroxylation sites is 1. The van der Waals surface area contributed by atoms with Crippen LogP contribution in [0.3, 0.4) is 0 Å². The molecule has 100 valence electrons. The van der Waals surface area contributed by atoms with Gasteiger partial charge in [0, 0.05) is 16.6 Å². The predicted octanol–water partition coefficient (Wildman–Crippen LogP) is 4.76. The Kier molecular flexibility index (Phi) is 2.68. The molecule has 0 saturated carbocycles. The molecule has 0 aliphatic carbocycles. The summed E-state index contributed by atoms with van der Waals surface area (Å²) >= 11 is 0. The summed E-state index contributed by atoms with van der Waals surface area (Å²) in [6.45, 7) is 2.04. The highest BCUT2D eigenvalue weighted by atomic mass is 14.9. The molecular formula is C19H14N2. The Balaban J connectivity index is 2.05. The van der Waals surface area contributed by atoms with E-state index in [1.54, 1.807) is 0 Å². The summed E-state index contributed by atoms with van der Waals surface area (Å²) in [4.78, 5) is 9.46. The highest BCUT2D eigenvalue weighted by Gasteiger charge is 2.09. The molecule has 3 aromatic carbocycles. The Hall–Kier alpha value is -2.74. The molecule has 0 fully saturated rings. The standard InChI is InChI=1S/C19H14N2/c1-13-15-9-4-5-12-18(15)21-19(20-13)17-11-6-8-14-7-2-3-10-16(14)17/h2-12H,1H3. The SMILES string of the molecule is Cc1nc(-c2cccc3ccccc23)nc2ccccc12. The van der Waals surface area contributed by atoms with Crippen LogP contribution in [0.2, 0.25) is 0 Å². The molecule has 4 aromatic rings. The van der Waals surface area contributed by atoms with Gasteiger partial charge in [-0.1, -0.05) is 60.7 Å². The first-order chi connectivity index (χ1) is 10.3. The average Bonchev–Trinajstić information content (AvgIpc) is 2.54. The lowest BCUT2D eigenvalue weighted by atomic mass is 10.0. The lowest BCUT2D eigenvalue weighted by molar-refractivity contribution is 1.16. The van der Waals surface area contributed by atoms with Gasteiger partial charge in [0.05, 0.1) is 5.52 Å². The van der Waals surface area contributed by atoms with E-state index in [2.05, 4.69) is 48.5 Å². The zero-order valence-electron chi connectivity index (χ0n) is 11.7. The number of rotatable bonds is 1. The number of hydrogen-bond acceptors (Lipinski definition) is 2. The molecule has 0 saturated heterocycles. The van der Waals surface area contributed by atoms with E-state index < -0.39 is 0 Å². The van der Waals surface area contributed by atoms with Crippen molar-refractivity contribution in [2.45, 2.75) is 6.92 Å². The van der Waals surface area contributed by atoms with Crippen LogP contribution in [0.4, 0.5) is 0 Å². The number of hydrogen-bond donors (Lipinski definition) is 0. The molecule has 2 nitrogen and oxygen atoms in total. The first-order valence-electron chi connectivity index (χ1n) is 7.04. The third-order valence-electron chi connectivity index (χ3n) is 3.82. The molecule has 0 unspecified atom stereocenters. The van der Waals surface area contributed by atoms with Gasteiger partial charge in [-0.3, -0.25) is 0 Å². The second-order valence-corrected chi connectivity index (χ2v) is 5.18. The van der Waals surface area contributed by atoms with Crippen molar-refractivity contribution in [1.29, 1.82) is 0 Å². The van der Waals surface area contributed by atoms with E-state index in [1.165, 1.54) is 10.8 Å². The zero-order chi connectivity index (χ0) is 14.2. The largest absolute Gasteiger partial charge is 0.233 e. The number of nitrogens with zero attached hydrogens (tertiary/aromatic N) is 2. The quantitative estimate of drug-likeness (QED) is 0.498. The lowest BCUT2D eigenvalue weighted by Gasteiger charge is -2.08. The molecule has 0 spiro atoms. The lowest BCUT2D eigenvalue weighted by Crippen LogP contribution is -1.94. The van der Waals surface area contributed by atoms with Crippen molar-refractivity contribution in [3.05, 3.63) is 72.4 Å². The van der Waals surface area contributed by atoms with Crippen molar-refractivity contribution < 1.29 is 0 Å². The molecule has 0 aliphatic rings. The maximum atomic E-state index is 4.75. The highest BCUT2D eigenvalue weighted by molar-refractivity contribution is 5.96. The van der Waals surface area contributed by atoms with Gasteiger partial charge in [-0.2, -0.15) is 0 Å². The number of aryl methyl sites for hydroxylation is 1. The average molecular weight is 270 g/mol. The van der Waals surface area contributed by atoms with Crippen molar-refractivity contribution in [3.8, 4) is 11.4 Å². The van der Waals surface area contributed by atoms with Gasteiger partial charge < -0.3 is 0 Å². The van der Waals surface area contributed by atoms with Crippen LogP contribution in [0.25, 0.3) is 33.1 Å². The van der Waals surface area contributed by atoms with Gasteiger partial charge in [-0.15, -0.1) is 0 Å². The van der Waals surface area contributed by atoms with Crippen LogP contribution in [0, 0.1) is 6.92 Å². The van der Waals surface area contributed by atoms with E-state index in [0.29, 0.717) is 0 Å². The van der Waals surface area contributed by atoms with Crippen molar-refractivity contribution in [1.82, 2.24) is 9.97 Å². The van der Waals surface area contributed by atoms with E-state index in [-0.39, 0.29) is 0 Å². The Morgan fingerprint density at radius 3 is 2.29 bits per heavy atom. The van der Waals surface area contributed by atoms with Crippen LogP contribution in [0.15, 0.2) is 66.7 Å². The fourth-order valence-corrected chi connectivity index (χ4v) is 2.78. The van der Waals surface area contributed by atoms with Crippen LogP contribution >= 0.6 is 0 Å². The summed E-state index contributed by atoms with van der Waals surface area (Å²) in [5, 5.41) is 3.51. The van der Waals surface area contributed by atoms with Crippen molar-refractivity contribution in [2.75, 3.05) is 0 Å². The minimum Gasteiger partial charge on any atom is -0.233 e. The summed E-state index contributed by atoms with van der Waals surface area (Å²) in [7, 11) is 0. The van der Waals surface area contributed by atoms with Gasteiger partial charge in [-0.05, 0) is 23.8 Å². The second-order valence-electron chi connectivity index (χ2n) is 5.18. The van der Waals surface area contributed by atoms with Gasteiger partial charge in [0.1, 0.15) is 0 Å². The maximum absolute atomic E-state index is 4.75. The Labute approximate surface area is 123 Å². The van der Waals surface area contributed by atoms with E-state index in [4.69, 9.17) is 9.97 Å². The summed E-state index contributed by atoms with van der Waals surface area (Å²) in [6.07, 6.45) is 0. The molecule has 1 heterocycles. The minimum atomic E-state index is 0.794. The topological polar surface area (TPSA) is 25.8 Å². The summed E-state index contributed by atoms with van der Waals surface area (Å²) in [5.74, 6) is 0.794. The third-order valence-corrected chi connectivity index (χ3v) is 3.82. The van der Waals surface area contributed by atoms with Crippen LogP contribution in [0.5, 0.6) is 0 Å². The van der Waals surface area contributed by atoms with Gasteiger partial charge >= 0.3 is 0 Å². The van der Waals surface area contributed by atoms with E-state index in [0.717, 1.165) is 28.0 Å². The molecule has 0 amide bonds. The predicted molar refractivity (Wildman–Crippen MR) is 87.2 cm³/mol. The normalized spacial score (nSPS) is 11.1. The van der Waals surface area contributed by atoms with Crippen molar-refractivity contribution >= 4 is 21.7 Å². The van der Waals surface area contributed by atoms with E-state index in [1.807, 2.05) is 25.1 Å². The summed E-state index contributed by atoms with van der Waals surface area (Å²) < 4.78 is 0. The van der Waals surface area contributed by atoms with Gasteiger partial charge in [0.15, 0.2) is 5.82 Å². The first-order valence-corrected chi connectivity index (χ1v) is 7.04. The molecular weight excluding hydrogens is 256 g/mol.